The Hall–Kier alpha value is -1.40. The lowest BCUT2D eigenvalue weighted by Gasteiger charge is -1.92. The van der Waals surface area contributed by atoms with Gasteiger partial charge in [0.15, 0.2) is 0 Å². The van der Waals surface area contributed by atoms with Crippen LogP contribution in [0.3, 0.4) is 0 Å². The summed E-state index contributed by atoms with van der Waals surface area (Å²) < 4.78 is 1.11. The molecule has 0 saturated heterocycles. The molecule has 2 nitrogen and oxygen atoms in total. The first-order valence-electron chi connectivity index (χ1n) is 4.49. The van der Waals surface area contributed by atoms with Gasteiger partial charge in [0.2, 0.25) is 0 Å². The summed E-state index contributed by atoms with van der Waals surface area (Å²) >= 11 is 1.61. The van der Waals surface area contributed by atoms with Crippen molar-refractivity contribution in [1.82, 2.24) is 10.2 Å². The number of terminal acetylenes is 1. The second-order valence-electron chi connectivity index (χ2n) is 2.46. The quantitative estimate of drug-likeness (QED) is 0.616. The van der Waals surface area contributed by atoms with Crippen LogP contribution in [-0.4, -0.2) is 10.2 Å². The molecule has 0 radical (unpaired) electrons. The minimum Gasteiger partial charge on any atom is -0.157 e. The maximum Gasteiger partial charge on any atom is 0.0699 e. The zero-order valence-electron chi connectivity index (χ0n) is 8.53. The maximum atomic E-state index is 5.34. The summed E-state index contributed by atoms with van der Waals surface area (Å²) in [7, 11) is 0. The Balaban J connectivity index is 0.000000461. The lowest BCUT2D eigenvalue weighted by Crippen LogP contribution is -1.85. The summed E-state index contributed by atoms with van der Waals surface area (Å²) in [6.45, 7) is 5.92. The summed E-state index contributed by atoms with van der Waals surface area (Å²) in [6, 6.07) is 0. The Morgan fingerprint density at radius 1 is 1.43 bits per heavy atom. The van der Waals surface area contributed by atoms with E-state index in [0.717, 1.165) is 21.3 Å². The molecule has 2 aromatic rings. The molecule has 14 heavy (non-hydrogen) atoms. The molecule has 0 amide bonds. The summed E-state index contributed by atoms with van der Waals surface area (Å²) in [6.07, 6.45) is 7.08. The molecule has 0 aliphatic carbocycles. The van der Waals surface area contributed by atoms with Gasteiger partial charge in [-0.05, 0) is 6.92 Å². The number of rotatable bonds is 0. The molecule has 2 heterocycles. The zero-order chi connectivity index (χ0) is 10.6. The van der Waals surface area contributed by atoms with Gasteiger partial charge in [-0.1, -0.05) is 19.8 Å². The third kappa shape index (κ3) is 1.75. The Bertz CT molecular complexity index is 466. The van der Waals surface area contributed by atoms with Gasteiger partial charge < -0.3 is 0 Å². The molecule has 0 fully saturated rings. The molecular formula is C11H12N2S. The lowest BCUT2D eigenvalue weighted by atomic mass is 10.2. The average Bonchev–Trinajstić information content (AvgIpc) is 2.65. The van der Waals surface area contributed by atoms with Gasteiger partial charge in [-0.15, -0.1) is 17.8 Å². The van der Waals surface area contributed by atoms with E-state index in [2.05, 4.69) is 16.1 Å². The maximum absolute atomic E-state index is 5.34. The van der Waals surface area contributed by atoms with E-state index in [-0.39, 0.29) is 0 Å². The normalized spacial score (nSPS) is 9.00. The molecule has 2 rings (SSSR count). The highest BCUT2D eigenvalue weighted by Gasteiger charge is 2.04. The second kappa shape index (κ2) is 4.73. The fourth-order valence-electron chi connectivity index (χ4n) is 1.17. The minimum atomic E-state index is 0.904. The number of hydrogen-bond acceptors (Lipinski definition) is 3. The van der Waals surface area contributed by atoms with Crippen LogP contribution in [0.4, 0.5) is 0 Å². The molecular weight excluding hydrogens is 192 g/mol. The van der Waals surface area contributed by atoms with E-state index in [9.17, 15) is 0 Å². The SMILES string of the molecule is C#Cc1csc2cnnc(C)c12.CC. The van der Waals surface area contributed by atoms with E-state index in [0.29, 0.717) is 0 Å². The lowest BCUT2D eigenvalue weighted by molar-refractivity contribution is 1.00. The van der Waals surface area contributed by atoms with Crippen molar-refractivity contribution in [2.75, 3.05) is 0 Å². The molecule has 0 aliphatic heterocycles. The smallest absolute Gasteiger partial charge is 0.0699 e. The summed E-state index contributed by atoms with van der Waals surface area (Å²) in [5.41, 5.74) is 1.82. The van der Waals surface area contributed by atoms with Crippen molar-refractivity contribution < 1.29 is 0 Å². The van der Waals surface area contributed by atoms with Crippen molar-refractivity contribution in [3.63, 3.8) is 0 Å². The van der Waals surface area contributed by atoms with Crippen molar-refractivity contribution in [1.29, 1.82) is 0 Å². The fourth-order valence-corrected chi connectivity index (χ4v) is 2.08. The van der Waals surface area contributed by atoms with E-state index in [1.165, 1.54) is 0 Å². The number of hydrogen-bond donors (Lipinski definition) is 0. The van der Waals surface area contributed by atoms with Crippen LogP contribution in [0.5, 0.6) is 0 Å². The summed E-state index contributed by atoms with van der Waals surface area (Å²) in [4.78, 5) is 0. The first-order valence-corrected chi connectivity index (χ1v) is 5.37. The van der Waals surface area contributed by atoms with Crippen LogP contribution < -0.4 is 0 Å². The van der Waals surface area contributed by atoms with Crippen LogP contribution in [0.2, 0.25) is 0 Å². The molecule has 0 spiro atoms. The van der Waals surface area contributed by atoms with Gasteiger partial charge in [0.1, 0.15) is 0 Å². The molecule has 0 N–H and O–H groups in total. The van der Waals surface area contributed by atoms with E-state index >= 15 is 0 Å². The van der Waals surface area contributed by atoms with Gasteiger partial charge in [0, 0.05) is 16.3 Å². The Morgan fingerprint density at radius 2 is 2.14 bits per heavy atom. The topological polar surface area (TPSA) is 25.8 Å². The van der Waals surface area contributed by atoms with Crippen LogP contribution in [-0.2, 0) is 0 Å². The summed E-state index contributed by atoms with van der Waals surface area (Å²) in [5.74, 6) is 2.63. The molecule has 72 valence electrons. The van der Waals surface area contributed by atoms with Gasteiger partial charge in [-0.2, -0.15) is 10.2 Å². The Morgan fingerprint density at radius 3 is 2.79 bits per heavy atom. The first kappa shape index (κ1) is 10.7. The van der Waals surface area contributed by atoms with Gasteiger partial charge in [0.25, 0.3) is 0 Å². The largest absolute Gasteiger partial charge is 0.157 e. The van der Waals surface area contributed by atoms with Crippen LogP contribution in [0.15, 0.2) is 11.6 Å². The molecule has 0 saturated carbocycles. The third-order valence-electron chi connectivity index (χ3n) is 1.72. The molecule has 0 atom stereocenters. The average molecular weight is 204 g/mol. The predicted molar refractivity (Wildman–Crippen MR) is 61.4 cm³/mol. The van der Waals surface area contributed by atoms with Crippen molar-refractivity contribution in [3.05, 3.63) is 22.8 Å². The highest BCUT2D eigenvalue weighted by atomic mass is 32.1. The molecule has 2 aromatic heterocycles. The van der Waals surface area contributed by atoms with Gasteiger partial charge in [-0.3, -0.25) is 0 Å². The Labute approximate surface area is 88.0 Å². The van der Waals surface area contributed by atoms with Crippen LogP contribution in [0.25, 0.3) is 10.1 Å². The highest BCUT2D eigenvalue weighted by molar-refractivity contribution is 7.17. The number of aryl methyl sites for hydroxylation is 1. The van der Waals surface area contributed by atoms with E-state index in [1.807, 2.05) is 26.2 Å². The fraction of sp³-hybridized carbons (Fsp3) is 0.273. The molecule has 0 bridgehead atoms. The summed E-state index contributed by atoms with van der Waals surface area (Å²) in [5, 5.41) is 10.8. The zero-order valence-corrected chi connectivity index (χ0v) is 9.35. The van der Waals surface area contributed by atoms with Gasteiger partial charge >= 0.3 is 0 Å². The molecule has 0 unspecified atom stereocenters. The van der Waals surface area contributed by atoms with Gasteiger partial charge in [-0.25, -0.2) is 0 Å². The number of nitrogens with zero attached hydrogens (tertiary/aromatic N) is 2. The van der Waals surface area contributed by atoms with Crippen molar-refractivity contribution in [2.24, 2.45) is 0 Å². The van der Waals surface area contributed by atoms with Crippen LogP contribution >= 0.6 is 11.3 Å². The van der Waals surface area contributed by atoms with E-state index in [4.69, 9.17) is 6.42 Å². The van der Waals surface area contributed by atoms with Crippen molar-refractivity contribution in [3.8, 4) is 12.3 Å². The molecule has 0 aliphatic rings. The van der Waals surface area contributed by atoms with Crippen molar-refractivity contribution in [2.45, 2.75) is 20.8 Å². The van der Waals surface area contributed by atoms with Crippen molar-refractivity contribution >= 4 is 21.4 Å². The van der Waals surface area contributed by atoms with E-state index < -0.39 is 0 Å². The van der Waals surface area contributed by atoms with Gasteiger partial charge in [0.05, 0.1) is 16.6 Å². The monoisotopic (exact) mass is 204 g/mol. The minimum absolute atomic E-state index is 0.904. The van der Waals surface area contributed by atoms with Crippen LogP contribution in [0.1, 0.15) is 25.1 Å². The number of aromatic nitrogens is 2. The highest BCUT2D eigenvalue weighted by Crippen LogP contribution is 2.25. The second-order valence-corrected chi connectivity index (χ2v) is 3.37. The molecule has 3 heteroatoms. The standard InChI is InChI=1S/C9H6N2S.C2H6/c1-3-7-5-12-8-4-10-11-6(2)9(7)8;1-2/h1,4-5H,2H3;1-2H3. The Kier molecular flexibility index (Phi) is 3.61. The van der Waals surface area contributed by atoms with Crippen LogP contribution in [0, 0.1) is 19.3 Å². The van der Waals surface area contributed by atoms with E-state index in [1.54, 1.807) is 17.5 Å². The number of fused-ring (bicyclic) bond motifs is 1. The predicted octanol–water partition coefficient (Wildman–Crippen LogP) is 3.01. The number of thiophene rings is 1. The molecule has 0 aromatic carbocycles. The first-order chi connectivity index (χ1) is 6.83. The third-order valence-corrected chi connectivity index (χ3v) is 2.64.